The van der Waals surface area contributed by atoms with Crippen molar-refractivity contribution in [3.05, 3.63) is 53.3 Å². The molecule has 0 saturated heterocycles. The van der Waals surface area contributed by atoms with Gasteiger partial charge in [-0.2, -0.15) is 0 Å². The molecule has 1 atom stereocenters. The Morgan fingerprint density at radius 2 is 1.40 bits per heavy atom. The molecule has 0 amide bonds. The van der Waals surface area contributed by atoms with Crippen molar-refractivity contribution in [2.45, 2.75) is 13.0 Å². The first-order valence-corrected chi connectivity index (χ1v) is 5.81. The highest BCUT2D eigenvalue weighted by Gasteiger charge is 2.14. The second kappa shape index (κ2) is 5.32. The summed E-state index contributed by atoms with van der Waals surface area (Å²) in [6.07, 6.45) is 0. The number of benzene rings is 2. The highest BCUT2D eigenvalue weighted by atomic mass is 19.2. The summed E-state index contributed by atoms with van der Waals surface area (Å²) in [6.45, 7) is 1.62. The van der Waals surface area contributed by atoms with Gasteiger partial charge in [0.05, 0.1) is 5.69 Å². The molecule has 0 bridgehead atoms. The Kier molecular flexibility index (Phi) is 3.74. The van der Waals surface area contributed by atoms with E-state index in [1.807, 2.05) is 0 Å². The van der Waals surface area contributed by atoms with E-state index in [0.29, 0.717) is 17.7 Å². The molecule has 0 aromatic heterocycles. The summed E-state index contributed by atoms with van der Waals surface area (Å²) in [5, 5.41) is 21.4. The van der Waals surface area contributed by atoms with Gasteiger partial charge in [0.15, 0.2) is 11.6 Å². The zero-order chi connectivity index (χ0) is 14.9. The van der Waals surface area contributed by atoms with Crippen LogP contribution in [0.1, 0.15) is 18.5 Å². The maximum atomic E-state index is 13.5. The van der Waals surface area contributed by atoms with Gasteiger partial charge in [-0.1, -0.05) is 0 Å². The monoisotopic (exact) mass is 283 g/mol. The Bertz CT molecular complexity index is 626. The van der Waals surface area contributed by atoms with Crippen molar-refractivity contribution in [2.75, 3.05) is 5.32 Å². The van der Waals surface area contributed by atoms with Crippen LogP contribution in [0.25, 0.3) is 0 Å². The zero-order valence-corrected chi connectivity index (χ0v) is 10.5. The third-order valence-corrected chi connectivity index (χ3v) is 2.81. The van der Waals surface area contributed by atoms with Gasteiger partial charge in [-0.15, -0.1) is 0 Å². The van der Waals surface area contributed by atoms with Gasteiger partial charge in [0.25, 0.3) is 0 Å². The van der Waals surface area contributed by atoms with E-state index >= 15 is 0 Å². The maximum absolute atomic E-state index is 13.5. The summed E-state index contributed by atoms with van der Waals surface area (Å²) in [4.78, 5) is 0. The van der Waals surface area contributed by atoms with Crippen LogP contribution in [-0.2, 0) is 0 Å². The molecule has 3 nitrogen and oxygen atoms in total. The number of nitrogens with one attached hydrogen (secondary N) is 1. The van der Waals surface area contributed by atoms with Crippen LogP contribution in [0.4, 0.5) is 18.9 Å². The van der Waals surface area contributed by atoms with Gasteiger partial charge in [0, 0.05) is 24.2 Å². The molecule has 2 aromatic carbocycles. The number of phenolic OH excluding ortho intramolecular Hbond substituents is 2. The molecule has 2 aromatic rings. The minimum absolute atomic E-state index is 0.153. The van der Waals surface area contributed by atoms with E-state index in [4.69, 9.17) is 0 Å². The van der Waals surface area contributed by atoms with E-state index in [-0.39, 0.29) is 17.2 Å². The quantitative estimate of drug-likeness (QED) is 0.753. The molecule has 3 N–H and O–H groups in total. The molecule has 0 aliphatic rings. The highest BCUT2D eigenvalue weighted by Crippen LogP contribution is 2.28. The van der Waals surface area contributed by atoms with Crippen LogP contribution in [0.2, 0.25) is 0 Å². The lowest BCUT2D eigenvalue weighted by Crippen LogP contribution is -2.08. The van der Waals surface area contributed by atoms with Crippen molar-refractivity contribution in [3.63, 3.8) is 0 Å². The molecule has 20 heavy (non-hydrogen) atoms. The Hall–Kier alpha value is -2.37. The molecule has 0 radical (unpaired) electrons. The van der Waals surface area contributed by atoms with E-state index in [2.05, 4.69) is 5.32 Å². The fourth-order valence-electron chi connectivity index (χ4n) is 1.82. The number of phenols is 2. The van der Waals surface area contributed by atoms with Gasteiger partial charge < -0.3 is 15.5 Å². The van der Waals surface area contributed by atoms with E-state index in [0.717, 1.165) is 6.07 Å². The lowest BCUT2D eigenvalue weighted by atomic mass is 10.1. The first-order valence-electron chi connectivity index (χ1n) is 5.81. The fraction of sp³-hybridized carbons (Fsp3) is 0.143. The normalized spacial score (nSPS) is 12.2. The number of rotatable bonds is 3. The predicted molar refractivity (Wildman–Crippen MR) is 68.1 cm³/mol. The van der Waals surface area contributed by atoms with Crippen molar-refractivity contribution < 1.29 is 23.4 Å². The average molecular weight is 283 g/mol. The molecule has 0 heterocycles. The van der Waals surface area contributed by atoms with Gasteiger partial charge in [0.2, 0.25) is 0 Å². The Morgan fingerprint density at radius 3 is 2.00 bits per heavy atom. The second-order valence-corrected chi connectivity index (χ2v) is 4.39. The lowest BCUT2D eigenvalue weighted by Gasteiger charge is -2.17. The minimum Gasteiger partial charge on any atom is -0.508 e. The smallest absolute Gasteiger partial charge is 0.161 e. The molecule has 0 aliphatic carbocycles. The Morgan fingerprint density at radius 1 is 0.850 bits per heavy atom. The SMILES string of the molecule is CC(Nc1cc(F)c(F)cc1F)c1cc(O)cc(O)c1. The predicted octanol–water partition coefficient (Wildman–Crippen LogP) is 3.69. The molecule has 0 aliphatic heterocycles. The first kappa shape index (κ1) is 14.0. The third-order valence-electron chi connectivity index (χ3n) is 2.81. The number of halogens is 3. The van der Waals surface area contributed by atoms with Gasteiger partial charge >= 0.3 is 0 Å². The second-order valence-electron chi connectivity index (χ2n) is 4.39. The molecule has 2 rings (SSSR count). The third kappa shape index (κ3) is 2.96. The first-order chi connectivity index (χ1) is 9.36. The zero-order valence-electron chi connectivity index (χ0n) is 10.5. The molecule has 0 fully saturated rings. The van der Waals surface area contributed by atoms with E-state index in [1.165, 1.54) is 12.1 Å². The summed E-state index contributed by atoms with van der Waals surface area (Å²) in [5.41, 5.74) is 0.255. The van der Waals surface area contributed by atoms with Gasteiger partial charge in [0.1, 0.15) is 17.3 Å². The van der Waals surface area contributed by atoms with E-state index in [9.17, 15) is 23.4 Å². The van der Waals surface area contributed by atoms with E-state index in [1.54, 1.807) is 6.92 Å². The largest absolute Gasteiger partial charge is 0.508 e. The molecule has 6 heteroatoms. The molecule has 106 valence electrons. The molecule has 1 unspecified atom stereocenters. The number of hydrogen-bond donors (Lipinski definition) is 3. The number of anilines is 1. The van der Waals surface area contributed by atoms with Crippen LogP contribution in [0, 0.1) is 17.5 Å². The summed E-state index contributed by atoms with van der Waals surface area (Å²) in [7, 11) is 0. The molecular weight excluding hydrogens is 271 g/mol. The van der Waals surface area contributed by atoms with Crippen LogP contribution in [0.3, 0.4) is 0 Å². The number of hydrogen-bond acceptors (Lipinski definition) is 3. The van der Waals surface area contributed by atoms with Gasteiger partial charge in [-0.25, -0.2) is 13.2 Å². The Balaban J connectivity index is 2.27. The van der Waals surface area contributed by atoms with Gasteiger partial charge in [-0.3, -0.25) is 0 Å². The summed E-state index contributed by atoms with van der Waals surface area (Å²) >= 11 is 0. The lowest BCUT2D eigenvalue weighted by molar-refractivity contribution is 0.448. The van der Waals surface area contributed by atoms with Crippen LogP contribution >= 0.6 is 0 Å². The molecule has 0 saturated carbocycles. The van der Waals surface area contributed by atoms with Crippen molar-refractivity contribution in [1.82, 2.24) is 0 Å². The van der Waals surface area contributed by atoms with Crippen LogP contribution in [0.15, 0.2) is 30.3 Å². The van der Waals surface area contributed by atoms with Gasteiger partial charge in [-0.05, 0) is 24.6 Å². The van der Waals surface area contributed by atoms with Crippen LogP contribution in [-0.4, -0.2) is 10.2 Å². The van der Waals surface area contributed by atoms with Crippen molar-refractivity contribution >= 4 is 5.69 Å². The highest BCUT2D eigenvalue weighted by molar-refractivity contribution is 5.48. The fourth-order valence-corrected chi connectivity index (χ4v) is 1.82. The average Bonchev–Trinajstić information content (AvgIpc) is 2.34. The Labute approximate surface area is 113 Å². The minimum atomic E-state index is -1.27. The summed E-state index contributed by atoms with van der Waals surface area (Å²) in [5.74, 6) is -3.67. The molecular formula is C14H12F3NO2. The van der Waals surface area contributed by atoms with Crippen molar-refractivity contribution in [2.24, 2.45) is 0 Å². The van der Waals surface area contributed by atoms with Crippen LogP contribution < -0.4 is 5.32 Å². The molecule has 0 spiro atoms. The number of aromatic hydroxyl groups is 2. The van der Waals surface area contributed by atoms with Crippen LogP contribution in [0.5, 0.6) is 11.5 Å². The van der Waals surface area contributed by atoms with Crippen molar-refractivity contribution in [1.29, 1.82) is 0 Å². The summed E-state index contributed by atoms with van der Waals surface area (Å²) in [6, 6.07) is 4.51. The maximum Gasteiger partial charge on any atom is 0.161 e. The van der Waals surface area contributed by atoms with Crippen molar-refractivity contribution in [3.8, 4) is 11.5 Å². The standard InChI is InChI=1S/C14H12F3NO2/c1-7(8-2-9(19)4-10(20)3-8)18-14-6-12(16)11(15)5-13(14)17/h2-7,18-20H,1H3. The van der Waals surface area contributed by atoms with E-state index < -0.39 is 23.5 Å². The summed E-state index contributed by atoms with van der Waals surface area (Å²) < 4.78 is 39.4. The topological polar surface area (TPSA) is 52.5 Å².